The summed E-state index contributed by atoms with van der Waals surface area (Å²) in [5, 5.41) is 9.62. The van der Waals surface area contributed by atoms with Crippen LogP contribution in [0.1, 0.15) is 36.8 Å². The number of aromatic nitrogens is 2. The number of aromatic hydroxyl groups is 1. The first kappa shape index (κ1) is 13.7. The van der Waals surface area contributed by atoms with Gasteiger partial charge in [0.05, 0.1) is 11.0 Å². The number of aryl methyl sites for hydroxylation is 1. The second-order valence-electron chi connectivity index (χ2n) is 5.83. The van der Waals surface area contributed by atoms with Crippen molar-refractivity contribution >= 4 is 11.0 Å². The molecule has 3 nitrogen and oxygen atoms in total. The summed E-state index contributed by atoms with van der Waals surface area (Å²) in [5.74, 6) is 1.34. The molecule has 0 saturated heterocycles. The second kappa shape index (κ2) is 5.24. The number of rotatable bonds is 3. The van der Waals surface area contributed by atoms with E-state index in [1.807, 2.05) is 12.1 Å². The summed E-state index contributed by atoms with van der Waals surface area (Å²) in [4.78, 5) is 4.80. The predicted molar refractivity (Wildman–Crippen MR) is 85.8 cm³/mol. The van der Waals surface area contributed by atoms with Crippen molar-refractivity contribution in [3.63, 3.8) is 0 Å². The quantitative estimate of drug-likeness (QED) is 0.780. The zero-order chi connectivity index (χ0) is 15.0. The minimum Gasteiger partial charge on any atom is -0.508 e. The third-order valence-corrected chi connectivity index (χ3v) is 3.71. The Morgan fingerprint density at radius 1 is 1.14 bits per heavy atom. The van der Waals surface area contributed by atoms with Crippen molar-refractivity contribution in [3.8, 4) is 5.75 Å². The molecule has 0 spiro atoms. The van der Waals surface area contributed by atoms with Crippen LogP contribution in [0, 0.1) is 6.92 Å². The molecule has 1 aromatic heterocycles. The van der Waals surface area contributed by atoms with E-state index in [1.165, 1.54) is 11.1 Å². The van der Waals surface area contributed by atoms with Gasteiger partial charge in [-0.1, -0.05) is 18.2 Å². The van der Waals surface area contributed by atoms with E-state index in [9.17, 15) is 5.11 Å². The summed E-state index contributed by atoms with van der Waals surface area (Å²) in [6, 6.07) is 14.1. The first-order valence-electron chi connectivity index (χ1n) is 7.30. The van der Waals surface area contributed by atoms with E-state index < -0.39 is 0 Å². The minimum absolute atomic E-state index is 0.301. The molecule has 0 fully saturated rings. The Balaban J connectivity index is 2.10. The van der Waals surface area contributed by atoms with Crippen LogP contribution in [0.3, 0.4) is 0 Å². The second-order valence-corrected chi connectivity index (χ2v) is 5.83. The van der Waals surface area contributed by atoms with E-state index in [1.54, 1.807) is 12.1 Å². The normalized spacial score (nSPS) is 11.4. The van der Waals surface area contributed by atoms with Crippen LogP contribution in [0.4, 0.5) is 0 Å². The molecule has 3 rings (SSSR count). The van der Waals surface area contributed by atoms with Gasteiger partial charge in [-0.05, 0) is 56.2 Å². The molecule has 0 bridgehead atoms. The minimum atomic E-state index is 0.301. The highest BCUT2D eigenvalue weighted by Crippen LogP contribution is 2.24. The summed E-state index contributed by atoms with van der Waals surface area (Å²) in [5.41, 5.74) is 4.51. The van der Waals surface area contributed by atoms with E-state index >= 15 is 0 Å². The zero-order valence-corrected chi connectivity index (χ0v) is 12.7. The third kappa shape index (κ3) is 2.64. The van der Waals surface area contributed by atoms with Crippen molar-refractivity contribution in [2.45, 2.75) is 33.2 Å². The Bertz CT molecular complexity index is 787. The van der Waals surface area contributed by atoms with E-state index in [4.69, 9.17) is 4.98 Å². The molecule has 0 atom stereocenters. The number of benzene rings is 2. The summed E-state index contributed by atoms with van der Waals surface area (Å²) in [6.45, 7) is 6.43. The van der Waals surface area contributed by atoms with Crippen molar-refractivity contribution in [2.24, 2.45) is 0 Å². The number of phenols is 1. The van der Waals surface area contributed by atoms with Crippen LogP contribution in [0.5, 0.6) is 5.75 Å². The molecule has 21 heavy (non-hydrogen) atoms. The number of imidazole rings is 1. The first-order valence-corrected chi connectivity index (χ1v) is 7.30. The van der Waals surface area contributed by atoms with Crippen molar-refractivity contribution in [1.82, 2.24) is 9.55 Å². The molecular weight excluding hydrogens is 260 g/mol. The molecule has 108 valence electrons. The summed E-state index contributed by atoms with van der Waals surface area (Å²) in [7, 11) is 0. The predicted octanol–water partition coefficient (Wildman–Crippen LogP) is 4.22. The number of fused-ring (bicyclic) bond motifs is 1. The molecular formula is C18H20N2O. The molecule has 0 aliphatic carbocycles. The lowest BCUT2D eigenvalue weighted by Gasteiger charge is -2.13. The van der Waals surface area contributed by atoms with Crippen molar-refractivity contribution < 1.29 is 5.11 Å². The Morgan fingerprint density at radius 2 is 1.95 bits per heavy atom. The molecule has 2 aromatic carbocycles. The van der Waals surface area contributed by atoms with Crippen molar-refractivity contribution in [3.05, 3.63) is 59.4 Å². The highest BCUT2D eigenvalue weighted by molar-refractivity contribution is 5.77. The van der Waals surface area contributed by atoms with Gasteiger partial charge >= 0.3 is 0 Å². The topological polar surface area (TPSA) is 38.1 Å². The van der Waals surface area contributed by atoms with Gasteiger partial charge < -0.3 is 9.67 Å². The molecule has 0 amide bonds. The average molecular weight is 280 g/mol. The fourth-order valence-corrected chi connectivity index (χ4v) is 2.81. The maximum absolute atomic E-state index is 9.62. The summed E-state index contributed by atoms with van der Waals surface area (Å²) in [6.07, 6.45) is 0.723. The molecule has 0 radical (unpaired) electrons. The highest BCUT2D eigenvalue weighted by Gasteiger charge is 2.13. The maximum Gasteiger partial charge on any atom is 0.115 e. The summed E-state index contributed by atoms with van der Waals surface area (Å²) < 4.78 is 2.28. The van der Waals surface area contributed by atoms with Crippen LogP contribution in [0.15, 0.2) is 42.5 Å². The highest BCUT2D eigenvalue weighted by atomic mass is 16.3. The van der Waals surface area contributed by atoms with Crippen LogP contribution in [0.2, 0.25) is 0 Å². The van der Waals surface area contributed by atoms with E-state index in [2.05, 4.69) is 43.5 Å². The van der Waals surface area contributed by atoms with Gasteiger partial charge in [0.25, 0.3) is 0 Å². The van der Waals surface area contributed by atoms with Crippen LogP contribution in [0.25, 0.3) is 11.0 Å². The molecule has 1 heterocycles. The zero-order valence-electron chi connectivity index (χ0n) is 12.7. The van der Waals surface area contributed by atoms with Gasteiger partial charge in [0, 0.05) is 12.5 Å². The van der Waals surface area contributed by atoms with Gasteiger partial charge in [0.15, 0.2) is 0 Å². The number of nitrogens with zero attached hydrogens (tertiary/aromatic N) is 2. The molecule has 0 aliphatic rings. The lowest BCUT2D eigenvalue weighted by molar-refractivity contribution is 0.474. The maximum atomic E-state index is 9.62. The Morgan fingerprint density at radius 3 is 2.67 bits per heavy atom. The van der Waals surface area contributed by atoms with Gasteiger partial charge in [0.1, 0.15) is 11.6 Å². The molecule has 3 heteroatoms. The lowest BCUT2D eigenvalue weighted by atomic mass is 10.1. The van der Waals surface area contributed by atoms with Crippen LogP contribution in [-0.4, -0.2) is 14.7 Å². The van der Waals surface area contributed by atoms with Gasteiger partial charge in [0.2, 0.25) is 0 Å². The molecule has 0 aliphatic heterocycles. The Labute approximate surface area is 124 Å². The fourth-order valence-electron chi connectivity index (χ4n) is 2.81. The van der Waals surface area contributed by atoms with Crippen LogP contribution < -0.4 is 0 Å². The smallest absolute Gasteiger partial charge is 0.115 e. The van der Waals surface area contributed by atoms with Crippen LogP contribution >= 0.6 is 0 Å². The Kier molecular flexibility index (Phi) is 3.42. The number of phenolic OH excluding ortho intramolecular Hbond substituents is 1. The SMILES string of the molecule is Cc1ccc2c(c1)nc(Cc1cccc(O)c1)n2C(C)C. The molecule has 3 aromatic rings. The van der Waals surface area contributed by atoms with Crippen molar-refractivity contribution in [2.75, 3.05) is 0 Å². The van der Waals surface area contributed by atoms with Gasteiger partial charge in [-0.25, -0.2) is 4.98 Å². The average Bonchev–Trinajstić information content (AvgIpc) is 2.75. The first-order chi connectivity index (χ1) is 10.0. The Hall–Kier alpha value is -2.29. The van der Waals surface area contributed by atoms with Gasteiger partial charge in [-0.15, -0.1) is 0 Å². The third-order valence-electron chi connectivity index (χ3n) is 3.71. The molecule has 1 N–H and O–H groups in total. The van der Waals surface area contributed by atoms with Gasteiger partial charge in [-0.3, -0.25) is 0 Å². The van der Waals surface area contributed by atoms with E-state index in [0.717, 1.165) is 23.3 Å². The standard InChI is InChI=1S/C18H20N2O/c1-12(2)20-17-8-7-13(3)9-16(17)19-18(20)11-14-5-4-6-15(21)10-14/h4-10,12,21H,11H2,1-3H3. The monoisotopic (exact) mass is 280 g/mol. The molecule has 0 saturated carbocycles. The summed E-state index contributed by atoms with van der Waals surface area (Å²) >= 11 is 0. The van der Waals surface area contributed by atoms with Gasteiger partial charge in [-0.2, -0.15) is 0 Å². The fraction of sp³-hybridized carbons (Fsp3) is 0.278. The number of hydrogen-bond donors (Lipinski definition) is 1. The van der Waals surface area contributed by atoms with E-state index in [-0.39, 0.29) is 0 Å². The van der Waals surface area contributed by atoms with E-state index in [0.29, 0.717) is 11.8 Å². The van der Waals surface area contributed by atoms with Crippen LogP contribution in [-0.2, 0) is 6.42 Å². The largest absolute Gasteiger partial charge is 0.508 e. The number of hydrogen-bond acceptors (Lipinski definition) is 2. The van der Waals surface area contributed by atoms with Crippen molar-refractivity contribution in [1.29, 1.82) is 0 Å². The lowest BCUT2D eigenvalue weighted by Crippen LogP contribution is -2.06. The molecule has 0 unspecified atom stereocenters.